The van der Waals surface area contributed by atoms with Crippen molar-refractivity contribution in [1.29, 1.82) is 5.26 Å². The first-order valence-electron chi connectivity index (χ1n) is 12.5. The summed E-state index contributed by atoms with van der Waals surface area (Å²) in [5.41, 5.74) is 4.35. The molecule has 0 spiro atoms. The number of hydrogen-bond acceptors (Lipinski definition) is 4. The van der Waals surface area contributed by atoms with E-state index in [9.17, 15) is 10.1 Å². The van der Waals surface area contributed by atoms with Gasteiger partial charge < -0.3 is 19.4 Å². The lowest BCUT2D eigenvalue weighted by Crippen LogP contribution is -2.43. The second-order valence-electron chi connectivity index (χ2n) is 9.44. The van der Waals surface area contributed by atoms with E-state index in [2.05, 4.69) is 44.2 Å². The Morgan fingerprint density at radius 3 is 2.34 bits per heavy atom. The van der Waals surface area contributed by atoms with Crippen molar-refractivity contribution in [1.82, 2.24) is 28.9 Å². The average molecular weight is 553 g/mol. The van der Waals surface area contributed by atoms with Crippen LogP contribution in [0.3, 0.4) is 0 Å². The lowest BCUT2D eigenvalue weighted by molar-refractivity contribution is 0.235. The van der Waals surface area contributed by atoms with Crippen LogP contribution in [0, 0.1) is 11.3 Å². The second-order valence-corrected chi connectivity index (χ2v) is 9.44. The zero-order chi connectivity index (χ0) is 24.6. The van der Waals surface area contributed by atoms with Gasteiger partial charge >= 0.3 is 5.69 Å². The Hall–Kier alpha value is -3.48. The molecule has 10 heteroatoms. The van der Waals surface area contributed by atoms with Crippen molar-refractivity contribution in [3.8, 4) is 23.0 Å². The zero-order valence-corrected chi connectivity index (χ0v) is 22.8. The Kier molecular flexibility index (Phi) is 8.34. The standard InChI is InChI=1S/C28H29N7O.2ClH/c1-32-19-26(21-8-3-4-9-24(21)32)35-27(23(17-29)31-28(35)36)22-18-34(25-10-5-2-7-20(22)25)14-6-13-33-15-11-30-12-16-33;;/h2-5,7-10,18-19,30H,6,11-16H2,1H3,(H,31,36);2*1H. The molecule has 198 valence electrons. The molecular weight excluding hydrogens is 521 g/mol. The molecular formula is C28H31Cl2N7O. The Labute approximate surface area is 233 Å². The topological polar surface area (TPSA) is 86.7 Å². The number of nitrogens with one attached hydrogen (secondary N) is 2. The van der Waals surface area contributed by atoms with Crippen LogP contribution in [0.4, 0.5) is 0 Å². The number of para-hydroxylation sites is 2. The molecule has 0 aliphatic carbocycles. The van der Waals surface area contributed by atoms with E-state index in [-0.39, 0.29) is 36.2 Å². The molecule has 3 aromatic heterocycles. The molecule has 0 radical (unpaired) electrons. The van der Waals surface area contributed by atoms with Crippen LogP contribution in [-0.4, -0.2) is 56.3 Å². The van der Waals surface area contributed by atoms with Crippen LogP contribution in [0.2, 0.25) is 0 Å². The van der Waals surface area contributed by atoms with Crippen LogP contribution in [0.1, 0.15) is 12.1 Å². The minimum Gasteiger partial charge on any atom is -0.348 e. The van der Waals surface area contributed by atoms with Gasteiger partial charge in [0.05, 0.1) is 11.4 Å². The second kappa shape index (κ2) is 11.5. The van der Waals surface area contributed by atoms with Crippen molar-refractivity contribution in [3.05, 3.63) is 77.1 Å². The van der Waals surface area contributed by atoms with Crippen LogP contribution in [0.25, 0.3) is 38.8 Å². The van der Waals surface area contributed by atoms with E-state index in [1.54, 1.807) is 4.57 Å². The number of halogens is 2. The largest absolute Gasteiger partial charge is 0.348 e. The maximum absolute atomic E-state index is 13.3. The van der Waals surface area contributed by atoms with E-state index in [0.29, 0.717) is 5.69 Å². The number of benzene rings is 2. The van der Waals surface area contributed by atoms with E-state index in [1.165, 1.54) is 0 Å². The first kappa shape index (κ1) is 27.6. The summed E-state index contributed by atoms with van der Waals surface area (Å²) in [5, 5.41) is 15.4. The number of fused-ring (bicyclic) bond motifs is 2. The SMILES string of the molecule is Cl.Cl.Cn1cc(-n2c(-c3cn(CCCN4CCNCC4)c4ccccc34)c(C#N)[nH]c2=O)c2ccccc21. The number of nitrogens with zero attached hydrogens (tertiary/aromatic N) is 5. The van der Waals surface area contributed by atoms with Gasteiger partial charge in [0.25, 0.3) is 0 Å². The van der Waals surface area contributed by atoms with Crippen molar-refractivity contribution in [2.75, 3.05) is 32.7 Å². The normalized spacial score (nSPS) is 13.8. The summed E-state index contributed by atoms with van der Waals surface area (Å²) in [6, 6.07) is 18.5. The molecule has 0 unspecified atom stereocenters. The minimum atomic E-state index is -0.312. The Bertz CT molecular complexity index is 1660. The number of aromatic amines is 1. The molecule has 4 heterocycles. The molecule has 5 aromatic rings. The van der Waals surface area contributed by atoms with Gasteiger partial charge in [-0.15, -0.1) is 24.8 Å². The van der Waals surface area contributed by atoms with E-state index in [0.717, 1.165) is 78.7 Å². The summed E-state index contributed by atoms with van der Waals surface area (Å²) in [7, 11) is 1.97. The molecule has 0 bridgehead atoms. The molecule has 2 aromatic carbocycles. The number of rotatable bonds is 6. The van der Waals surface area contributed by atoms with Crippen LogP contribution in [0.15, 0.2) is 65.7 Å². The van der Waals surface area contributed by atoms with Crippen molar-refractivity contribution < 1.29 is 0 Å². The number of nitriles is 1. The minimum absolute atomic E-state index is 0. The third-order valence-corrected chi connectivity index (χ3v) is 7.25. The fourth-order valence-electron chi connectivity index (χ4n) is 5.52. The number of aromatic nitrogens is 4. The van der Waals surface area contributed by atoms with Gasteiger partial charge in [0.1, 0.15) is 11.8 Å². The summed E-state index contributed by atoms with van der Waals surface area (Å²) in [5.74, 6) is 0. The van der Waals surface area contributed by atoms with Crippen LogP contribution in [0.5, 0.6) is 0 Å². The van der Waals surface area contributed by atoms with Crippen molar-refractivity contribution in [2.24, 2.45) is 7.05 Å². The number of hydrogen-bond donors (Lipinski definition) is 2. The monoisotopic (exact) mass is 551 g/mol. The Morgan fingerprint density at radius 1 is 0.921 bits per heavy atom. The Balaban J connectivity index is 0.00000168. The fourth-order valence-corrected chi connectivity index (χ4v) is 5.52. The highest BCUT2D eigenvalue weighted by atomic mass is 35.5. The Morgan fingerprint density at radius 2 is 1.61 bits per heavy atom. The lowest BCUT2D eigenvalue weighted by atomic mass is 10.1. The van der Waals surface area contributed by atoms with Crippen molar-refractivity contribution in [3.63, 3.8) is 0 Å². The molecule has 6 rings (SSSR count). The van der Waals surface area contributed by atoms with Gasteiger partial charge in [-0.3, -0.25) is 9.55 Å². The van der Waals surface area contributed by atoms with Gasteiger partial charge in [-0.2, -0.15) is 5.26 Å². The molecule has 8 nitrogen and oxygen atoms in total. The number of imidazole rings is 1. The molecule has 38 heavy (non-hydrogen) atoms. The van der Waals surface area contributed by atoms with E-state index in [1.807, 2.05) is 54.2 Å². The number of piperazine rings is 1. The lowest BCUT2D eigenvalue weighted by Gasteiger charge is -2.27. The first-order chi connectivity index (χ1) is 17.7. The van der Waals surface area contributed by atoms with Gasteiger partial charge in [0.15, 0.2) is 0 Å². The predicted octanol–water partition coefficient (Wildman–Crippen LogP) is 4.29. The van der Waals surface area contributed by atoms with Gasteiger partial charge in [-0.25, -0.2) is 4.79 Å². The first-order valence-corrected chi connectivity index (χ1v) is 12.5. The third kappa shape index (κ3) is 4.74. The average Bonchev–Trinajstić information content (AvgIpc) is 3.55. The van der Waals surface area contributed by atoms with Gasteiger partial charge in [-0.05, 0) is 25.1 Å². The number of aryl methyl sites for hydroxylation is 2. The van der Waals surface area contributed by atoms with Crippen LogP contribution >= 0.6 is 24.8 Å². The molecule has 1 fully saturated rings. The molecule has 0 atom stereocenters. The summed E-state index contributed by atoms with van der Waals surface area (Å²) in [6.07, 6.45) is 5.09. The van der Waals surface area contributed by atoms with Crippen LogP contribution < -0.4 is 11.0 Å². The van der Waals surface area contributed by atoms with Crippen molar-refractivity contribution >= 4 is 46.6 Å². The third-order valence-electron chi connectivity index (χ3n) is 7.25. The highest BCUT2D eigenvalue weighted by molar-refractivity contribution is 5.98. The fraction of sp³-hybridized carbons (Fsp3) is 0.286. The maximum atomic E-state index is 13.3. The molecule has 2 N–H and O–H groups in total. The summed E-state index contributed by atoms with van der Waals surface area (Å²) in [4.78, 5) is 18.6. The number of H-pyrrole nitrogens is 1. The van der Waals surface area contributed by atoms with Gasteiger partial charge in [0, 0.05) is 79.5 Å². The summed E-state index contributed by atoms with van der Waals surface area (Å²) < 4.78 is 5.94. The smallest absolute Gasteiger partial charge is 0.331 e. The summed E-state index contributed by atoms with van der Waals surface area (Å²) >= 11 is 0. The van der Waals surface area contributed by atoms with Gasteiger partial charge in [0.2, 0.25) is 0 Å². The molecule has 1 aliphatic rings. The zero-order valence-electron chi connectivity index (χ0n) is 21.2. The van der Waals surface area contributed by atoms with E-state index in [4.69, 9.17) is 0 Å². The molecule has 0 saturated carbocycles. The predicted molar refractivity (Wildman–Crippen MR) is 157 cm³/mol. The quantitative estimate of drug-likeness (QED) is 0.329. The summed E-state index contributed by atoms with van der Waals surface area (Å²) in [6.45, 7) is 6.19. The molecule has 1 saturated heterocycles. The van der Waals surface area contributed by atoms with E-state index >= 15 is 0 Å². The highest BCUT2D eigenvalue weighted by Crippen LogP contribution is 2.35. The molecule has 0 amide bonds. The molecule has 1 aliphatic heterocycles. The van der Waals surface area contributed by atoms with E-state index < -0.39 is 0 Å². The maximum Gasteiger partial charge on any atom is 0.331 e. The van der Waals surface area contributed by atoms with Gasteiger partial charge in [-0.1, -0.05) is 36.4 Å². The van der Waals surface area contributed by atoms with Crippen LogP contribution in [-0.2, 0) is 13.6 Å². The highest BCUT2D eigenvalue weighted by Gasteiger charge is 2.23. The van der Waals surface area contributed by atoms with Crippen molar-refractivity contribution in [2.45, 2.75) is 13.0 Å².